The number of benzene rings is 1. The standard InChI is InChI=1S/C15H17ClN2O2S/c1-17-15(19)10-3-6-13(16)14(7-10)18-8-11-4-5-12(20-11)9-21-2/h3-7,18H,8-9H2,1-2H3,(H,17,19). The molecule has 2 rings (SSSR count). The minimum Gasteiger partial charge on any atom is -0.463 e. The molecule has 21 heavy (non-hydrogen) atoms. The van der Waals surface area contributed by atoms with Crippen LogP contribution in [0.5, 0.6) is 0 Å². The number of carbonyl (C=O) groups is 1. The monoisotopic (exact) mass is 324 g/mol. The number of amides is 1. The zero-order valence-corrected chi connectivity index (χ0v) is 13.5. The van der Waals surface area contributed by atoms with Gasteiger partial charge in [0.05, 0.1) is 23.0 Å². The lowest BCUT2D eigenvalue weighted by Gasteiger charge is -2.09. The highest BCUT2D eigenvalue weighted by atomic mass is 35.5. The van der Waals surface area contributed by atoms with Crippen LogP contribution in [0.4, 0.5) is 5.69 Å². The van der Waals surface area contributed by atoms with Gasteiger partial charge < -0.3 is 15.1 Å². The molecule has 112 valence electrons. The molecule has 0 unspecified atom stereocenters. The number of hydrogen-bond acceptors (Lipinski definition) is 4. The van der Waals surface area contributed by atoms with E-state index in [-0.39, 0.29) is 5.91 Å². The van der Waals surface area contributed by atoms with Crippen LogP contribution in [0.2, 0.25) is 5.02 Å². The Bertz CT molecular complexity index is 628. The van der Waals surface area contributed by atoms with Crippen LogP contribution in [0.15, 0.2) is 34.7 Å². The predicted molar refractivity (Wildman–Crippen MR) is 88.1 cm³/mol. The van der Waals surface area contributed by atoms with Crippen LogP contribution < -0.4 is 10.6 Å². The number of halogens is 1. The maximum absolute atomic E-state index is 11.6. The summed E-state index contributed by atoms with van der Waals surface area (Å²) >= 11 is 7.85. The van der Waals surface area contributed by atoms with Crippen LogP contribution in [-0.2, 0) is 12.3 Å². The van der Waals surface area contributed by atoms with Gasteiger partial charge in [0.15, 0.2) is 0 Å². The normalized spacial score (nSPS) is 10.4. The molecule has 2 aromatic rings. The fourth-order valence-corrected chi connectivity index (χ4v) is 2.49. The number of thioether (sulfide) groups is 1. The third-order valence-corrected chi connectivity index (χ3v) is 3.82. The Morgan fingerprint density at radius 3 is 2.76 bits per heavy atom. The maximum Gasteiger partial charge on any atom is 0.251 e. The largest absolute Gasteiger partial charge is 0.463 e. The van der Waals surface area contributed by atoms with Crippen molar-refractivity contribution in [3.63, 3.8) is 0 Å². The smallest absolute Gasteiger partial charge is 0.251 e. The lowest BCUT2D eigenvalue weighted by atomic mass is 10.2. The van der Waals surface area contributed by atoms with Crippen molar-refractivity contribution in [2.45, 2.75) is 12.3 Å². The average Bonchev–Trinajstić information content (AvgIpc) is 2.93. The summed E-state index contributed by atoms with van der Waals surface area (Å²) in [6.07, 6.45) is 2.03. The molecule has 0 fully saturated rings. The minimum atomic E-state index is -0.144. The molecule has 1 aromatic heterocycles. The van der Waals surface area contributed by atoms with E-state index in [4.69, 9.17) is 16.0 Å². The highest BCUT2D eigenvalue weighted by Gasteiger charge is 2.08. The lowest BCUT2D eigenvalue weighted by Crippen LogP contribution is -2.17. The van der Waals surface area contributed by atoms with E-state index in [2.05, 4.69) is 10.6 Å². The second-order valence-corrected chi connectivity index (χ2v) is 5.70. The molecule has 1 amide bonds. The van der Waals surface area contributed by atoms with Crippen LogP contribution in [0.3, 0.4) is 0 Å². The van der Waals surface area contributed by atoms with Crippen molar-refractivity contribution in [1.29, 1.82) is 0 Å². The summed E-state index contributed by atoms with van der Waals surface area (Å²) in [6.45, 7) is 0.519. The van der Waals surface area contributed by atoms with E-state index in [9.17, 15) is 4.79 Å². The van der Waals surface area contributed by atoms with Gasteiger partial charge in [0.25, 0.3) is 5.91 Å². The Morgan fingerprint density at radius 1 is 1.29 bits per heavy atom. The first kappa shape index (κ1) is 15.8. The minimum absolute atomic E-state index is 0.144. The molecule has 0 saturated carbocycles. The first-order valence-corrected chi connectivity index (χ1v) is 8.23. The van der Waals surface area contributed by atoms with E-state index in [1.165, 1.54) is 0 Å². The van der Waals surface area contributed by atoms with E-state index < -0.39 is 0 Å². The van der Waals surface area contributed by atoms with Crippen molar-refractivity contribution in [2.75, 3.05) is 18.6 Å². The fraction of sp³-hybridized carbons (Fsp3) is 0.267. The van der Waals surface area contributed by atoms with Crippen LogP contribution in [0.1, 0.15) is 21.9 Å². The highest BCUT2D eigenvalue weighted by Crippen LogP contribution is 2.24. The molecule has 4 nitrogen and oxygen atoms in total. The summed E-state index contributed by atoms with van der Waals surface area (Å²) in [6, 6.07) is 9.03. The van der Waals surface area contributed by atoms with Crippen LogP contribution in [0.25, 0.3) is 0 Å². The van der Waals surface area contributed by atoms with E-state index in [1.54, 1.807) is 37.0 Å². The molecular formula is C15H17ClN2O2S. The van der Waals surface area contributed by atoms with Crippen molar-refractivity contribution < 1.29 is 9.21 Å². The van der Waals surface area contributed by atoms with Gasteiger partial charge in [0, 0.05) is 12.6 Å². The van der Waals surface area contributed by atoms with E-state index in [1.807, 2.05) is 18.4 Å². The summed E-state index contributed by atoms with van der Waals surface area (Å²) in [5.41, 5.74) is 1.27. The zero-order valence-electron chi connectivity index (χ0n) is 11.9. The van der Waals surface area contributed by atoms with E-state index >= 15 is 0 Å². The highest BCUT2D eigenvalue weighted by molar-refractivity contribution is 7.97. The molecule has 0 bridgehead atoms. The van der Waals surface area contributed by atoms with Gasteiger partial charge in [0.2, 0.25) is 0 Å². The molecule has 2 N–H and O–H groups in total. The summed E-state index contributed by atoms with van der Waals surface area (Å²) in [5.74, 6) is 2.49. The summed E-state index contributed by atoms with van der Waals surface area (Å²) in [4.78, 5) is 11.6. The molecule has 6 heteroatoms. The topological polar surface area (TPSA) is 54.3 Å². The summed E-state index contributed by atoms with van der Waals surface area (Å²) in [7, 11) is 1.60. The molecule has 1 heterocycles. The van der Waals surface area contributed by atoms with Gasteiger partial charge in [-0.15, -0.1) is 0 Å². The zero-order chi connectivity index (χ0) is 15.2. The van der Waals surface area contributed by atoms with Gasteiger partial charge in [-0.05, 0) is 36.6 Å². The van der Waals surface area contributed by atoms with Gasteiger partial charge in [0.1, 0.15) is 11.5 Å². The molecule has 0 spiro atoms. The SMILES string of the molecule is CNC(=O)c1ccc(Cl)c(NCc2ccc(CSC)o2)c1. The number of hydrogen-bond donors (Lipinski definition) is 2. The van der Waals surface area contributed by atoms with Crippen LogP contribution >= 0.6 is 23.4 Å². The van der Waals surface area contributed by atoms with E-state index in [0.29, 0.717) is 22.8 Å². The molecule has 0 aliphatic carbocycles. The average molecular weight is 325 g/mol. The quantitative estimate of drug-likeness (QED) is 0.849. The van der Waals surface area contributed by atoms with Crippen molar-refractivity contribution in [3.8, 4) is 0 Å². The first-order chi connectivity index (χ1) is 10.1. The van der Waals surface area contributed by atoms with Gasteiger partial charge in [-0.1, -0.05) is 11.6 Å². The number of carbonyl (C=O) groups excluding carboxylic acids is 1. The predicted octanol–water partition coefficient (Wildman–Crippen LogP) is 3.77. The van der Waals surface area contributed by atoms with Crippen molar-refractivity contribution in [3.05, 3.63) is 52.4 Å². The molecule has 0 atom stereocenters. The Balaban J connectivity index is 2.06. The summed E-state index contributed by atoms with van der Waals surface area (Å²) < 4.78 is 5.68. The molecule has 0 aliphatic heterocycles. The Hall–Kier alpha value is -1.59. The fourth-order valence-electron chi connectivity index (χ4n) is 1.87. The second-order valence-electron chi connectivity index (χ2n) is 4.43. The van der Waals surface area contributed by atoms with Crippen LogP contribution in [0, 0.1) is 0 Å². The molecular weight excluding hydrogens is 308 g/mol. The maximum atomic E-state index is 11.6. The molecule has 0 saturated heterocycles. The molecule has 0 aliphatic rings. The van der Waals surface area contributed by atoms with Gasteiger partial charge in [-0.25, -0.2) is 0 Å². The second kappa shape index (κ2) is 7.43. The third kappa shape index (κ3) is 4.19. The molecule has 1 aromatic carbocycles. The van der Waals surface area contributed by atoms with Gasteiger partial charge in [-0.3, -0.25) is 4.79 Å². The Kier molecular flexibility index (Phi) is 5.59. The first-order valence-electron chi connectivity index (χ1n) is 6.46. The third-order valence-electron chi connectivity index (χ3n) is 2.91. The number of nitrogens with one attached hydrogen (secondary N) is 2. The summed E-state index contributed by atoms with van der Waals surface area (Å²) in [5, 5.41) is 6.35. The van der Waals surface area contributed by atoms with Crippen LogP contribution in [-0.4, -0.2) is 19.2 Å². The van der Waals surface area contributed by atoms with Crippen molar-refractivity contribution in [1.82, 2.24) is 5.32 Å². The van der Waals surface area contributed by atoms with Crippen molar-refractivity contribution >= 4 is 35.0 Å². The van der Waals surface area contributed by atoms with Gasteiger partial charge in [-0.2, -0.15) is 11.8 Å². The molecule has 0 radical (unpaired) electrons. The van der Waals surface area contributed by atoms with Gasteiger partial charge >= 0.3 is 0 Å². The van der Waals surface area contributed by atoms with E-state index in [0.717, 1.165) is 17.3 Å². The number of anilines is 1. The number of furan rings is 1. The Morgan fingerprint density at radius 2 is 2.05 bits per heavy atom. The van der Waals surface area contributed by atoms with Crippen molar-refractivity contribution in [2.24, 2.45) is 0 Å². The number of rotatable bonds is 6. The Labute approximate surface area is 133 Å². The lowest BCUT2D eigenvalue weighted by molar-refractivity contribution is 0.0963.